The predicted octanol–water partition coefficient (Wildman–Crippen LogP) is 2.63. The molecule has 1 aliphatic heterocycles. The van der Waals surface area contributed by atoms with Gasteiger partial charge in [-0.2, -0.15) is 0 Å². The van der Waals surface area contributed by atoms with Gasteiger partial charge in [0.1, 0.15) is 6.04 Å². The van der Waals surface area contributed by atoms with E-state index in [9.17, 15) is 14.7 Å². The fourth-order valence-electron chi connectivity index (χ4n) is 2.88. The minimum atomic E-state index is -0.921. The molecule has 6 nitrogen and oxygen atoms in total. The lowest BCUT2D eigenvalue weighted by molar-refractivity contribution is -0.142. The zero-order valence-electron chi connectivity index (χ0n) is 14.2. The molecule has 2 atom stereocenters. The molecule has 8 heteroatoms. The van der Waals surface area contributed by atoms with Gasteiger partial charge in [-0.05, 0) is 37.5 Å². The van der Waals surface area contributed by atoms with Crippen LogP contribution in [-0.4, -0.2) is 53.8 Å². The molecule has 0 aromatic heterocycles. The molecule has 0 radical (unpaired) electrons. The second kappa shape index (κ2) is 8.25. The summed E-state index contributed by atoms with van der Waals surface area (Å²) in [6.45, 7) is 2.43. The van der Waals surface area contributed by atoms with E-state index in [1.807, 2.05) is 0 Å². The van der Waals surface area contributed by atoms with Crippen LogP contribution in [-0.2, 0) is 16.0 Å². The largest absolute Gasteiger partial charge is 0.467 e. The van der Waals surface area contributed by atoms with Gasteiger partial charge in [0.25, 0.3) is 0 Å². The molecule has 0 aliphatic carbocycles. The van der Waals surface area contributed by atoms with E-state index in [-0.39, 0.29) is 13.0 Å². The van der Waals surface area contributed by atoms with Gasteiger partial charge in [-0.1, -0.05) is 29.3 Å². The Morgan fingerprint density at radius 2 is 2.16 bits per heavy atom. The van der Waals surface area contributed by atoms with E-state index in [2.05, 4.69) is 5.32 Å². The average Bonchev–Trinajstić information content (AvgIpc) is 2.54. The van der Waals surface area contributed by atoms with Gasteiger partial charge in [-0.25, -0.2) is 9.59 Å². The SMILES string of the molecule is COC(=O)[C@@H](Cc1ccc(Cl)cc1Cl)NC(=O)N1CCCC(C)(O)C1. The van der Waals surface area contributed by atoms with Gasteiger partial charge in [0.2, 0.25) is 0 Å². The molecule has 138 valence electrons. The van der Waals surface area contributed by atoms with Crippen LogP contribution in [0.4, 0.5) is 4.79 Å². The third-order valence-corrected chi connectivity index (χ3v) is 4.77. The van der Waals surface area contributed by atoms with Crippen molar-refractivity contribution in [1.82, 2.24) is 10.2 Å². The number of methoxy groups -OCH3 is 1. The Labute approximate surface area is 157 Å². The molecule has 0 spiro atoms. The summed E-state index contributed by atoms with van der Waals surface area (Å²) < 4.78 is 4.79. The highest BCUT2D eigenvalue weighted by Gasteiger charge is 2.33. The molecule has 1 fully saturated rings. The first-order valence-electron chi connectivity index (χ1n) is 8.01. The third kappa shape index (κ3) is 5.49. The third-order valence-electron chi connectivity index (χ3n) is 4.18. The molecule has 1 unspecified atom stereocenters. The number of nitrogens with one attached hydrogen (secondary N) is 1. The number of likely N-dealkylation sites (tertiary alicyclic amines) is 1. The number of rotatable bonds is 4. The lowest BCUT2D eigenvalue weighted by Gasteiger charge is -2.37. The van der Waals surface area contributed by atoms with E-state index in [1.54, 1.807) is 25.1 Å². The summed E-state index contributed by atoms with van der Waals surface area (Å²) in [6, 6.07) is 3.65. The molecule has 0 saturated carbocycles. The average molecular weight is 389 g/mol. The van der Waals surface area contributed by atoms with E-state index < -0.39 is 23.6 Å². The first-order valence-corrected chi connectivity index (χ1v) is 8.77. The number of urea groups is 1. The summed E-state index contributed by atoms with van der Waals surface area (Å²) in [5.41, 5.74) is -0.247. The van der Waals surface area contributed by atoms with Crippen molar-refractivity contribution in [2.45, 2.75) is 37.8 Å². The molecule has 1 heterocycles. The maximum absolute atomic E-state index is 12.5. The number of amides is 2. The van der Waals surface area contributed by atoms with Crippen molar-refractivity contribution in [3.05, 3.63) is 33.8 Å². The second-order valence-corrected chi connectivity index (χ2v) is 7.33. The van der Waals surface area contributed by atoms with Gasteiger partial charge < -0.3 is 20.1 Å². The summed E-state index contributed by atoms with van der Waals surface area (Å²) in [4.78, 5) is 26.1. The Hall–Kier alpha value is -1.50. The molecule has 0 bridgehead atoms. The molecule has 1 aromatic rings. The lowest BCUT2D eigenvalue weighted by atomic mass is 9.95. The van der Waals surface area contributed by atoms with E-state index in [1.165, 1.54) is 12.0 Å². The Balaban J connectivity index is 2.09. The van der Waals surface area contributed by atoms with Crippen LogP contribution in [0.1, 0.15) is 25.3 Å². The van der Waals surface area contributed by atoms with Crippen molar-refractivity contribution < 1.29 is 19.4 Å². The minimum absolute atomic E-state index is 0.179. The van der Waals surface area contributed by atoms with Crippen molar-refractivity contribution in [2.75, 3.05) is 20.2 Å². The quantitative estimate of drug-likeness (QED) is 0.777. The number of aliphatic hydroxyl groups is 1. The van der Waals surface area contributed by atoms with E-state index in [4.69, 9.17) is 27.9 Å². The van der Waals surface area contributed by atoms with Crippen molar-refractivity contribution in [1.29, 1.82) is 0 Å². The first kappa shape index (κ1) is 19.8. The number of β-amino-alcohol motifs (C(OH)–C–C–N with tert-alkyl or cyclic N) is 1. The molecule has 1 aliphatic rings. The highest BCUT2D eigenvalue weighted by Crippen LogP contribution is 2.23. The number of carbonyl (C=O) groups is 2. The van der Waals surface area contributed by atoms with Crippen LogP contribution < -0.4 is 5.32 Å². The molecule has 2 amide bonds. The Morgan fingerprint density at radius 1 is 1.44 bits per heavy atom. The van der Waals surface area contributed by atoms with Gasteiger partial charge in [-0.15, -0.1) is 0 Å². The zero-order chi connectivity index (χ0) is 18.6. The fourth-order valence-corrected chi connectivity index (χ4v) is 3.36. The molecule has 2 N–H and O–H groups in total. The number of halogens is 2. The number of nitrogens with zero attached hydrogens (tertiary/aromatic N) is 1. The molecule has 1 saturated heterocycles. The number of hydrogen-bond acceptors (Lipinski definition) is 4. The van der Waals surface area contributed by atoms with Gasteiger partial charge in [0, 0.05) is 23.0 Å². The van der Waals surface area contributed by atoms with Crippen LogP contribution in [0.15, 0.2) is 18.2 Å². The number of benzene rings is 1. The number of piperidine rings is 1. The van der Waals surface area contributed by atoms with Crippen molar-refractivity contribution in [2.24, 2.45) is 0 Å². The van der Waals surface area contributed by atoms with Crippen molar-refractivity contribution in [3.8, 4) is 0 Å². The fraction of sp³-hybridized carbons (Fsp3) is 0.529. The monoisotopic (exact) mass is 388 g/mol. The Bertz CT molecular complexity index is 652. The normalized spacial score (nSPS) is 21.6. The van der Waals surface area contributed by atoms with Gasteiger partial charge in [0.05, 0.1) is 19.3 Å². The summed E-state index contributed by atoms with van der Waals surface area (Å²) in [6.07, 6.45) is 1.52. The maximum atomic E-state index is 12.5. The highest BCUT2D eigenvalue weighted by molar-refractivity contribution is 6.35. The standard InChI is InChI=1S/C17H22Cl2N2O4/c1-17(24)6-3-7-21(10-17)16(23)20-14(15(22)25-2)8-11-4-5-12(18)9-13(11)19/h4-5,9,14,24H,3,6-8,10H2,1-2H3,(H,20,23)/t14-,17?/m1/s1. The number of ether oxygens (including phenoxy) is 1. The predicted molar refractivity (Wildman–Crippen MR) is 95.9 cm³/mol. The van der Waals surface area contributed by atoms with Crippen LogP contribution in [0, 0.1) is 0 Å². The van der Waals surface area contributed by atoms with Crippen LogP contribution >= 0.6 is 23.2 Å². The smallest absolute Gasteiger partial charge is 0.328 e. The van der Waals surface area contributed by atoms with Crippen LogP contribution in [0.2, 0.25) is 10.0 Å². The second-order valence-electron chi connectivity index (χ2n) is 6.49. The van der Waals surface area contributed by atoms with Gasteiger partial charge in [-0.3, -0.25) is 0 Å². The minimum Gasteiger partial charge on any atom is -0.467 e. The van der Waals surface area contributed by atoms with Crippen LogP contribution in [0.3, 0.4) is 0 Å². The summed E-state index contributed by atoms with van der Waals surface area (Å²) >= 11 is 12.0. The van der Waals surface area contributed by atoms with Crippen molar-refractivity contribution >= 4 is 35.2 Å². The van der Waals surface area contributed by atoms with E-state index >= 15 is 0 Å². The Morgan fingerprint density at radius 3 is 2.76 bits per heavy atom. The van der Waals surface area contributed by atoms with Crippen molar-refractivity contribution in [3.63, 3.8) is 0 Å². The molecule has 2 rings (SSSR count). The molecule has 25 heavy (non-hydrogen) atoms. The summed E-state index contributed by atoms with van der Waals surface area (Å²) in [5.74, 6) is -0.567. The van der Waals surface area contributed by atoms with E-state index in [0.717, 1.165) is 0 Å². The van der Waals surface area contributed by atoms with Gasteiger partial charge in [0.15, 0.2) is 0 Å². The summed E-state index contributed by atoms with van der Waals surface area (Å²) in [5, 5.41) is 13.7. The van der Waals surface area contributed by atoms with Crippen LogP contribution in [0.25, 0.3) is 0 Å². The number of hydrogen-bond donors (Lipinski definition) is 2. The Kier molecular flexibility index (Phi) is 6.54. The zero-order valence-corrected chi connectivity index (χ0v) is 15.7. The first-order chi connectivity index (χ1) is 11.7. The molecular formula is C17H22Cl2N2O4. The summed E-state index contributed by atoms with van der Waals surface area (Å²) in [7, 11) is 1.26. The molecular weight excluding hydrogens is 367 g/mol. The highest BCUT2D eigenvalue weighted by atomic mass is 35.5. The molecule has 1 aromatic carbocycles. The topological polar surface area (TPSA) is 78.9 Å². The van der Waals surface area contributed by atoms with E-state index in [0.29, 0.717) is 35.0 Å². The lowest BCUT2D eigenvalue weighted by Crippen LogP contribution is -2.55. The van der Waals surface area contributed by atoms with Crippen LogP contribution in [0.5, 0.6) is 0 Å². The number of esters is 1. The maximum Gasteiger partial charge on any atom is 0.328 e. The van der Waals surface area contributed by atoms with Gasteiger partial charge >= 0.3 is 12.0 Å². The number of carbonyl (C=O) groups excluding carboxylic acids is 2.